The summed E-state index contributed by atoms with van der Waals surface area (Å²) >= 11 is 3.19. The van der Waals surface area contributed by atoms with Gasteiger partial charge in [0.2, 0.25) is 0 Å². The summed E-state index contributed by atoms with van der Waals surface area (Å²) in [6.45, 7) is 3.96. The number of hydrogen-bond acceptors (Lipinski definition) is 7. The molecule has 0 unspecified atom stereocenters. The van der Waals surface area contributed by atoms with Gasteiger partial charge in [-0.2, -0.15) is 0 Å². The Bertz CT molecular complexity index is 1150. The highest BCUT2D eigenvalue weighted by Crippen LogP contribution is 2.44. The summed E-state index contributed by atoms with van der Waals surface area (Å²) in [5.74, 6) is -1.15. The number of ether oxygens (including phenoxy) is 1. The van der Waals surface area contributed by atoms with Gasteiger partial charge in [0.25, 0.3) is 15.9 Å². The molecule has 1 saturated heterocycles. The first kappa shape index (κ1) is 23.8. The molecule has 1 amide bonds. The highest BCUT2D eigenvalue weighted by molar-refractivity contribution is 9.10. The number of phenols is 2. The number of nitrogens with zero attached hydrogens (tertiary/aromatic N) is 1. The minimum absolute atomic E-state index is 0.0116. The number of sulfonamides is 1. The zero-order valence-electron chi connectivity index (χ0n) is 17.9. The SMILES string of the molecule is O=C(NCCN1CCOCC1)c1cc(C2CC2)cc(NS(=O)(=O)c2cc(Br)ccc2O)c1O. The van der Waals surface area contributed by atoms with Crippen molar-refractivity contribution in [2.45, 2.75) is 23.7 Å². The van der Waals surface area contributed by atoms with Gasteiger partial charge in [0, 0.05) is 30.7 Å². The Kier molecular flexibility index (Phi) is 7.13. The Morgan fingerprint density at radius 2 is 1.88 bits per heavy atom. The van der Waals surface area contributed by atoms with Crippen LogP contribution >= 0.6 is 15.9 Å². The number of carbonyl (C=O) groups is 1. The molecule has 9 nitrogen and oxygen atoms in total. The van der Waals surface area contributed by atoms with Crippen LogP contribution in [0, 0.1) is 0 Å². The summed E-state index contributed by atoms with van der Waals surface area (Å²) < 4.78 is 34.0. The molecule has 2 aromatic rings. The van der Waals surface area contributed by atoms with E-state index in [1.165, 1.54) is 18.2 Å². The van der Waals surface area contributed by atoms with Crippen molar-refractivity contribution in [2.75, 3.05) is 44.1 Å². The Morgan fingerprint density at radius 1 is 1.15 bits per heavy atom. The number of anilines is 1. The molecular formula is C22H26BrN3O6S. The molecule has 0 atom stereocenters. The van der Waals surface area contributed by atoms with Gasteiger partial charge in [0.05, 0.1) is 24.5 Å². The van der Waals surface area contributed by atoms with E-state index in [1.807, 2.05) is 0 Å². The van der Waals surface area contributed by atoms with Crippen molar-refractivity contribution in [1.82, 2.24) is 10.2 Å². The predicted octanol–water partition coefficient (Wildman–Crippen LogP) is 2.60. The second-order valence-electron chi connectivity index (χ2n) is 8.17. The highest BCUT2D eigenvalue weighted by atomic mass is 79.9. The maximum absolute atomic E-state index is 12.9. The van der Waals surface area contributed by atoms with Crippen LogP contribution in [0.25, 0.3) is 0 Å². The Hall–Kier alpha value is -2.34. The van der Waals surface area contributed by atoms with E-state index in [0.717, 1.165) is 31.5 Å². The van der Waals surface area contributed by atoms with Crippen molar-refractivity contribution < 1.29 is 28.2 Å². The summed E-state index contributed by atoms with van der Waals surface area (Å²) in [6.07, 6.45) is 1.86. The molecule has 0 radical (unpaired) electrons. The third-order valence-electron chi connectivity index (χ3n) is 5.70. The van der Waals surface area contributed by atoms with Crippen LogP contribution in [0.2, 0.25) is 0 Å². The fourth-order valence-electron chi connectivity index (χ4n) is 3.71. The molecule has 178 valence electrons. The molecule has 0 bridgehead atoms. The van der Waals surface area contributed by atoms with Crippen LogP contribution < -0.4 is 10.0 Å². The maximum Gasteiger partial charge on any atom is 0.265 e. The third-order valence-corrected chi connectivity index (χ3v) is 7.59. The first-order valence-electron chi connectivity index (χ1n) is 10.7. The molecule has 2 fully saturated rings. The quantitative estimate of drug-likeness (QED) is 0.379. The lowest BCUT2D eigenvalue weighted by Crippen LogP contribution is -2.41. The van der Waals surface area contributed by atoms with Crippen molar-refractivity contribution in [3.05, 3.63) is 45.9 Å². The van der Waals surface area contributed by atoms with Crippen molar-refractivity contribution in [2.24, 2.45) is 0 Å². The summed E-state index contributed by atoms with van der Waals surface area (Å²) in [7, 11) is -4.23. The number of phenolic OH excluding ortho intramolecular Hbond substituents is 2. The van der Waals surface area contributed by atoms with Crippen molar-refractivity contribution in [3.8, 4) is 11.5 Å². The van der Waals surface area contributed by atoms with E-state index in [0.29, 0.717) is 30.8 Å². The molecule has 2 aliphatic rings. The van der Waals surface area contributed by atoms with Crippen LogP contribution in [0.15, 0.2) is 39.7 Å². The van der Waals surface area contributed by atoms with Crippen LogP contribution in [0.5, 0.6) is 11.5 Å². The highest BCUT2D eigenvalue weighted by Gasteiger charge is 2.29. The fourth-order valence-corrected chi connectivity index (χ4v) is 5.40. The number of nitrogens with one attached hydrogen (secondary N) is 2. The van der Waals surface area contributed by atoms with E-state index < -0.39 is 27.4 Å². The van der Waals surface area contributed by atoms with Crippen molar-refractivity contribution in [3.63, 3.8) is 0 Å². The van der Waals surface area contributed by atoms with Gasteiger partial charge in [-0.15, -0.1) is 0 Å². The molecule has 1 aliphatic carbocycles. The van der Waals surface area contributed by atoms with E-state index in [1.54, 1.807) is 12.1 Å². The summed E-state index contributed by atoms with van der Waals surface area (Å²) in [5.41, 5.74) is 0.692. The second kappa shape index (κ2) is 9.88. The smallest absolute Gasteiger partial charge is 0.265 e. The average Bonchev–Trinajstić information content (AvgIpc) is 3.63. The number of halogens is 1. The lowest BCUT2D eigenvalue weighted by atomic mass is 10.0. The van der Waals surface area contributed by atoms with Crippen molar-refractivity contribution in [1.29, 1.82) is 0 Å². The molecule has 33 heavy (non-hydrogen) atoms. The largest absolute Gasteiger partial charge is 0.507 e. The minimum atomic E-state index is -4.23. The minimum Gasteiger partial charge on any atom is -0.507 e. The summed E-state index contributed by atoms with van der Waals surface area (Å²) in [5, 5.41) is 23.6. The number of amides is 1. The van der Waals surface area contributed by atoms with Gasteiger partial charge in [-0.1, -0.05) is 15.9 Å². The van der Waals surface area contributed by atoms with Gasteiger partial charge in [-0.05, 0) is 54.7 Å². The van der Waals surface area contributed by atoms with Gasteiger partial charge in [-0.25, -0.2) is 8.42 Å². The van der Waals surface area contributed by atoms with Gasteiger partial charge >= 0.3 is 0 Å². The Morgan fingerprint density at radius 3 is 2.58 bits per heavy atom. The van der Waals surface area contributed by atoms with E-state index in [2.05, 4.69) is 30.9 Å². The van der Waals surface area contributed by atoms with Crippen LogP contribution in [0.4, 0.5) is 5.69 Å². The maximum atomic E-state index is 12.9. The number of hydrogen-bond donors (Lipinski definition) is 4. The van der Waals surface area contributed by atoms with Gasteiger partial charge in [0.15, 0.2) is 5.75 Å². The van der Waals surface area contributed by atoms with Gasteiger partial charge < -0.3 is 20.3 Å². The van der Waals surface area contributed by atoms with Crippen LogP contribution in [0.3, 0.4) is 0 Å². The average molecular weight is 540 g/mol. The second-order valence-corrected chi connectivity index (χ2v) is 10.7. The van der Waals surface area contributed by atoms with E-state index >= 15 is 0 Å². The Labute approximate surface area is 200 Å². The predicted molar refractivity (Wildman–Crippen MR) is 126 cm³/mol. The summed E-state index contributed by atoms with van der Waals surface area (Å²) in [4.78, 5) is 14.7. The zero-order chi connectivity index (χ0) is 23.6. The number of morpholine rings is 1. The fraction of sp³-hybridized carbons (Fsp3) is 0.409. The zero-order valence-corrected chi connectivity index (χ0v) is 20.3. The normalized spacial score (nSPS) is 17.0. The molecule has 0 aromatic heterocycles. The molecule has 1 aliphatic heterocycles. The topological polar surface area (TPSA) is 128 Å². The molecule has 4 rings (SSSR count). The Balaban J connectivity index is 1.56. The summed E-state index contributed by atoms with van der Waals surface area (Å²) in [6, 6.07) is 7.19. The van der Waals surface area contributed by atoms with Crippen LogP contribution in [-0.4, -0.2) is 68.8 Å². The standard InChI is InChI=1S/C22H26BrN3O6S/c23-16-3-4-19(27)20(13-16)33(30,31)25-18-12-15(14-1-2-14)11-17(21(18)28)22(29)24-5-6-26-7-9-32-10-8-26/h3-4,11-14,25,27-28H,1-2,5-10H2,(H,24,29). The first-order chi connectivity index (χ1) is 15.7. The molecule has 4 N–H and O–H groups in total. The van der Waals surface area contributed by atoms with Crippen molar-refractivity contribution >= 4 is 37.5 Å². The molecule has 1 heterocycles. The molecule has 2 aromatic carbocycles. The number of carbonyl (C=O) groups excluding carboxylic acids is 1. The van der Waals surface area contributed by atoms with Crippen LogP contribution in [0.1, 0.15) is 34.7 Å². The number of rotatable bonds is 8. The first-order valence-corrected chi connectivity index (χ1v) is 13.0. The van der Waals surface area contributed by atoms with Gasteiger partial charge in [-0.3, -0.25) is 14.4 Å². The number of aromatic hydroxyl groups is 2. The number of benzene rings is 2. The lowest BCUT2D eigenvalue weighted by molar-refractivity contribution is 0.0383. The van der Waals surface area contributed by atoms with E-state index in [-0.39, 0.29) is 22.1 Å². The van der Waals surface area contributed by atoms with E-state index in [4.69, 9.17) is 4.74 Å². The lowest BCUT2D eigenvalue weighted by Gasteiger charge is -2.26. The molecule has 11 heteroatoms. The molecule has 1 saturated carbocycles. The molecule has 0 spiro atoms. The molecular weight excluding hydrogens is 514 g/mol. The van der Waals surface area contributed by atoms with Gasteiger partial charge in [0.1, 0.15) is 10.6 Å². The van der Waals surface area contributed by atoms with Crippen LogP contribution in [-0.2, 0) is 14.8 Å². The third kappa shape index (κ3) is 5.78. The monoisotopic (exact) mass is 539 g/mol. The van der Waals surface area contributed by atoms with E-state index in [9.17, 15) is 23.4 Å².